The Kier molecular flexibility index (Phi) is 3.23. The molecule has 0 bridgehead atoms. The average molecular weight is 253 g/mol. The summed E-state index contributed by atoms with van der Waals surface area (Å²) in [5.41, 5.74) is -0.457. The minimum absolute atomic E-state index is 0.192. The lowest BCUT2D eigenvalue weighted by Crippen LogP contribution is -2.35. The summed E-state index contributed by atoms with van der Waals surface area (Å²) in [5.74, 6) is 1.01. The smallest absolute Gasteiger partial charge is 0.410 e. The van der Waals surface area contributed by atoms with Crippen LogP contribution in [-0.2, 0) is 11.8 Å². The molecule has 1 aromatic heterocycles. The van der Waals surface area contributed by atoms with Gasteiger partial charge < -0.3 is 9.64 Å². The predicted molar refractivity (Wildman–Crippen MR) is 64.0 cm³/mol. The summed E-state index contributed by atoms with van der Waals surface area (Å²) in [6, 6.07) is 0. The number of rotatable bonds is 1. The predicted octanol–water partition coefficient (Wildman–Crippen LogP) is 0.934. The fourth-order valence-corrected chi connectivity index (χ4v) is 2.05. The highest BCUT2D eigenvalue weighted by atomic mass is 16.6. The van der Waals surface area contributed by atoms with Crippen molar-refractivity contribution in [3.05, 3.63) is 5.82 Å². The molecular weight excluding hydrogens is 234 g/mol. The number of likely N-dealkylation sites (tertiary alicyclic amines) is 1. The Morgan fingerprint density at radius 3 is 2.72 bits per heavy atom. The number of carbonyl (C=O) groups excluding carboxylic acids is 1. The largest absolute Gasteiger partial charge is 0.444 e. The van der Waals surface area contributed by atoms with E-state index < -0.39 is 5.60 Å². The highest BCUT2D eigenvalue weighted by Gasteiger charge is 2.32. The van der Waals surface area contributed by atoms with E-state index in [2.05, 4.69) is 15.5 Å². The van der Waals surface area contributed by atoms with E-state index in [-0.39, 0.29) is 12.0 Å². The summed E-state index contributed by atoms with van der Waals surface area (Å²) < 4.78 is 7.00. The van der Waals surface area contributed by atoms with Crippen LogP contribution in [0.1, 0.15) is 38.9 Å². The molecule has 1 aliphatic heterocycles. The van der Waals surface area contributed by atoms with Crippen molar-refractivity contribution in [2.24, 2.45) is 7.05 Å². The van der Waals surface area contributed by atoms with Gasteiger partial charge in [-0.3, -0.25) is 0 Å². The van der Waals surface area contributed by atoms with Crippen LogP contribution < -0.4 is 0 Å². The molecule has 1 saturated heterocycles. The molecule has 1 amide bonds. The van der Waals surface area contributed by atoms with E-state index >= 15 is 0 Å². The van der Waals surface area contributed by atoms with Crippen molar-refractivity contribution in [3.63, 3.8) is 0 Å². The van der Waals surface area contributed by atoms with Gasteiger partial charge in [-0.1, -0.05) is 0 Å². The molecule has 0 aromatic carbocycles. The monoisotopic (exact) mass is 253 g/mol. The lowest BCUT2D eigenvalue weighted by molar-refractivity contribution is 0.0292. The molecule has 0 unspecified atom stereocenters. The van der Waals surface area contributed by atoms with E-state index in [4.69, 9.17) is 4.74 Å². The van der Waals surface area contributed by atoms with Gasteiger partial charge in [0.1, 0.15) is 5.60 Å². The summed E-state index contributed by atoms with van der Waals surface area (Å²) in [7, 11) is 1.81. The Morgan fingerprint density at radius 1 is 1.44 bits per heavy atom. The van der Waals surface area contributed by atoms with Crippen molar-refractivity contribution in [3.8, 4) is 0 Å². The highest BCUT2D eigenvalue weighted by molar-refractivity contribution is 5.68. The molecule has 2 heterocycles. The number of aromatic nitrogens is 4. The number of hydrogen-bond acceptors (Lipinski definition) is 5. The van der Waals surface area contributed by atoms with Crippen molar-refractivity contribution in [2.45, 2.75) is 38.7 Å². The maximum absolute atomic E-state index is 11.9. The maximum atomic E-state index is 11.9. The molecule has 0 aliphatic carbocycles. The fraction of sp³-hybridized carbons (Fsp3) is 0.818. The summed E-state index contributed by atoms with van der Waals surface area (Å²) in [6.07, 6.45) is 0.605. The first-order valence-corrected chi connectivity index (χ1v) is 6.07. The minimum Gasteiger partial charge on any atom is -0.444 e. The normalized spacial score (nSPS) is 20.2. The standard InChI is InChI=1S/C11H19N5O2/c1-11(2,3)18-10(17)16-6-5-8(7-16)9-12-13-14-15(9)4/h8H,5-7H2,1-4H3/t8-/m1/s1. The van der Waals surface area contributed by atoms with Gasteiger partial charge in [-0.15, -0.1) is 5.10 Å². The van der Waals surface area contributed by atoms with Crippen LogP contribution in [0.3, 0.4) is 0 Å². The van der Waals surface area contributed by atoms with Crippen LogP contribution in [0.25, 0.3) is 0 Å². The first-order valence-electron chi connectivity index (χ1n) is 6.07. The van der Waals surface area contributed by atoms with E-state index in [0.717, 1.165) is 12.2 Å². The highest BCUT2D eigenvalue weighted by Crippen LogP contribution is 2.26. The van der Waals surface area contributed by atoms with Crippen LogP contribution >= 0.6 is 0 Å². The van der Waals surface area contributed by atoms with E-state index in [0.29, 0.717) is 13.1 Å². The van der Waals surface area contributed by atoms with E-state index in [1.165, 1.54) is 0 Å². The Hall–Kier alpha value is -1.66. The van der Waals surface area contributed by atoms with Crippen molar-refractivity contribution < 1.29 is 9.53 Å². The molecule has 1 aromatic rings. The second-order valence-corrected chi connectivity index (χ2v) is 5.57. The number of tetrazole rings is 1. The zero-order chi connectivity index (χ0) is 13.3. The van der Waals surface area contributed by atoms with Crippen molar-refractivity contribution >= 4 is 6.09 Å². The number of aryl methyl sites for hydroxylation is 1. The second-order valence-electron chi connectivity index (χ2n) is 5.57. The molecular formula is C11H19N5O2. The van der Waals surface area contributed by atoms with Crippen LogP contribution in [0.5, 0.6) is 0 Å². The molecule has 0 saturated carbocycles. The Balaban J connectivity index is 1.97. The number of carbonyl (C=O) groups is 1. The second kappa shape index (κ2) is 4.55. The average Bonchev–Trinajstić information content (AvgIpc) is 2.82. The fourth-order valence-electron chi connectivity index (χ4n) is 2.05. The number of ether oxygens (including phenoxy) is 1. The molecule has 2 rings (SSSR count). The lowest BCUT2D eigenvalue weighted by Gasteiger charge is -2.24. The van der Waals surface area contributed by atoms with Gasteiger partial charge in [0.15, 0.2) is 5.82 Å². The van der Waals surface area contributed by atoms with Crippen molar-refractivity contribution in [2.75, 3.05) is 13.1 Å². The van der Waals surface area contributed by atoms with Crippen molar-refractivity contribution in [1.82, 2.24) is 25.1 Å². The van der Waals surface area contributed by atoms with Gasteiger partial charge in [0.25, 0.3) is 0 Å². The van der Waals surface area contributed by atoms with Crippen LogP contribution in [0.15, 0.2) is 0 Å². The van der Waals surface area contributed by atoms with Gasteiger partial charge >= 0.3 is 6.09 Å². The molecule has 1 atom stereocenters. The molecule has 1 fully saturated rings. The van der Waals surface area contributed by atoms with Crippen LogP contribution in [0.2, 0.25) is 0 Å². The van der Waals surface area contributed by atoms with Gasteiger partial charge in [0.05, 0.1) is 0 Å². The van der Waals surface area contributed by atoms with Crippen LogP contribution in [0.4, 0.5) is 4.79 Å². The Morgan fingerprint density at radius 2 is 2.17 bits per heavy atom. The molecule has 7 heteroatoms. The van der Waals surface area contributed by atoms with Crippen molar-refractivity contribution in [1.29, 1.82) is 0 Å². The van der Waals surface area contributed by atoms with Crippen LogP contribution in [-0.4, -0.2) is 49.9 Å². The van der Waals surface area contributed by atoms with Gasteiger partial charge in [-0.05, 0) is 37.6 Å². The first kappa shape index (κ1) is 12.8. The van der Waals surface area contributed by atoms with E-state index in [1.807, 2.05) is 27.8 Å². The molecule has 18 heavy (non-hydrogen) atoms. The Bertz CT molecular complexity index is 437. The van der Waals surface area contributed by atoms with Gasteiger partial charge in [-0.2, -0.15) is 0 Å². The summed E-state index contributed by atoms with van der Waals surface area (Å²) in [4.78, 5) is 13.6. The summed E-state index contributed by atoms with van der Waals surface area (Å²) in [6.45, 7) is 6.90. The number of hydrogen-bond donors (Lipinski definition) is 0. The zero-order valence-electron chi connectivity index (χ0n) is 11.3. The SMILES string of the molecule is Cn1nnnc1[C@@H]1CCN(C(=O)OC(C)(C)C)C1. The third-order valence-electron chi connectivity index (χ3n) is 2.86. The topological polar surface area (TPSA) is 73.1 Å². The minimum atomic E-state index is -0.457. The lowest BCUT2D eigenvalue weighted by atomic mass is 10.1. The molecule has 100 valence electrons. The van der Waals surface area contributed by atoms with Gasteiger partial charge in [-0.25, -0.2) is 9.48 Å². The molecule has 1 aliphatic rings. The summed E-state index contributed by atoms with van der Waals surface area (Å²) in [5, 5.41) is 11.4. The quantitative estimate of drug-likeness (QED) is 0.744. The van der Waals surface area contributed by atoms with Gasteiger partial charge in [0.2, 0.25) is 0 Å². The maximum Gasteiger partial charge on any atom is 0.410 e. The molecule has 0 spiro atoms. The van der Waals surface area contributed by atoms with Crippen LogP contribution in [0, 0.1) is 0 Å². The first-order chi connectivity index (χ1) is 8.37. The third-order valence-corrected chi connectivity index (χ3v) is 2.86. The zero-order valence-corrected chi connectivity index (χ0v) is 11.3. The van der Waals surface area contributed by atoms with E-state index in [1.54, 1.807) is 9.58 Å². The number of amides is 1. The Labute approximate surface area is 106 Å². The molecule has 0 radical (unpaired) electrons. The molecule has 7 nitrogen and oxygen atoms in total. The van der Waals surface area contributed by atoms with Gasteiger partial charge in [0, 0.05) is 26.1 Å². The molecule has 0 N–H and O–H groups in total. The van der Waals surface area contributed by atoms with E-state index in [9.17, 15) is 4.79 Å². The number of nitrogens with zero attached hydrogens (tertiary/aromatic N) is 5. The summed E-state index contributed by atoms with van der Waals surface area (Å²) >= 11 is 0. The third kappa shape index (κ3) is 2.77.